The number of nitrogens with zero attached hydrogens (tertiary/aromatic N) is 1. The SMILES string of the molecule is O=C(C=Cc1ccccc1[N+](=O)[O-])Nc1cc(Cl)ccc1C(=O)O. The van der Waals surface area contributed by atoms with Crippen molar-refractivity contribution in [2.24, 2.45) is 0 Å². The third kappa shape index (κ3) is 4.17. The molecule has 2 N–H and O–H groups in total. The molecule has 0 aromatic heterocycles. The lowest BCUT2D eigenvalue weighted by molar-refractivity contribution is -0.385. The molecule has 0 saturated carbocycles. The predicted molar refractivity (Wildman–Crippen MR) is 89.2 cm³/mol. The third-order valence-electron chi connectivity index (χ3n) is 3.02. The summed E-state index contributed by atoms with van der Waals surface area (Å²) < 4.78 is 0. The fourth-order valence-electron chi connectivity index (χ4n) is 1.94. The van der Waals surface area contributed by atoms with Crippen LogP contribution in [0.2, 0.25) is 5.02 Å². The first kappa shape index (κ1) is 17.2. The average molecular weight is 347 g/mol. The van der Waals surface area contributed by atoms with Crippen molar-refractivity contribution < 1.29 is 19.6 Å². The van der Waals surface area contributed by atoms with Crippen molar-refractivity contribution in [1.82, 2.24) is 0 Å². The molecule has 0 saturated heterocycles. The van der Waals surface area contributed by atoms with E-state index in [1.807, 2.05) is 0 Å². The maximum Gasteiger partial charge on any atom is 0.337 e. The first-order valence-electron chi connectivity index (χ1n) is 6.64. The van der Waals surface area contributed by atoms with Gasteiger partial charge in [-0.3, -0.25) is 14.9 Å². The van der Waals surface area contributed by atoms with E-state index < -0.39 is 16.8 Å². The summed E-state index contributed by atoms with van der Waals surface area (Å²) >= 11 is 5.80. The van der Waals surface area contributed by atoms with E-state index in [0.717, 1.165) is 6.08 Å². The number of nitro benzene ring substituents is 1. The number of amides is 1. The number of benzene rings is 2. The van der Waals surface area contributed by atoms with Gasteiger partial charge in [0.15, 0.2) is 0 Å². The molecule has 0 atom stereocenters. The van der Waals surface area contributed by atoms with Crippen LogP contribution in [-0.2, 0) is 4.79 Å². The van der Waals surface area contributed by atoms with Gasteiger partial charge in [0.2, 0.25) is 5.91 Å². The summed E-state index contributed by atoms with van der Waals surface area (Å²) in [5.41, 5.74) is 0.0248. The zero-order chi connectivity index (χ0) is 17.7. The van der Waals surface area contributed by atoms with Crippen LogP contribution >= 0.6 is 11.6 Å². The number of carbonyl (C=O) groups is 2. The lowest BCUT2D eigenvalue weighted by atomic mass is 10.1. The Bertz CT molecular complexity index is 848. The Morgan fingerprint density at radius 2 is 1.92 bits per heavy atom. The second kappa shape index (κ2) is 7.38. The van der Waals surface area contributed by atoms with Crippen LogP contribution in [0.15, 0.2) is 48.5 Å². The summed E-state index contributed by atoms with van der Waals surface area (Å²) in [5, 5.41) is 22.6. The molecule has 0 radical (unpaired) electrons. The fraction of sp³-hybridized carbons (Fsp3) is 0. The minimum atomic E-state index is -1.22. The molecule has 2 aromatic carbocycles. The van der Waals surface area contributed by atoms with Crippen molar-refractivity contribution in [3.05, 3.63) is 74.8 Å². The quantitative estimate of drug-likeness (QED) is 0.488. The number of rotatable bonds is 5. The zero-order valence-corrected chi connectivity index (χ0v) is 12.9. The minimum Gasteiger partial charge on any atom is -0.478 e. The van der Waals surface area contributed by atoms with Crippen LogP contribution < -0.4 is 5.32 Å². The number of halogens is 1. The molecule has 0 unspecified atom stereocenters. The van der Waals surface area contributed by atoms with Crippen molar-refractivity contribution in [3.8, 4) is 0 Å². The molecule has 1 amide bonds. The van der Waals surface area contributed by atoms with E-state index in [0.29, 0.717) is 0 Å². The maximum absolute atomic E-state index is 11.9. The van der Waals surface area contributed by atoms with Crippen LogP contribution in [0, 0.1) is 10.1 Å². The van der Waals surface area contributed by atoms with Crippen molar-refractivity contribution in [1.29, 1.82) is 0 Å². The van der Waals surface area contributed by atoms with Gasteiger partial charge in [-0.1, -0.05) is 23.7 Å². The Labute approximate surface area is 141 Å². The molecule has 0 aliphatic rings. The van der Waals surface area contributed by atoms with Crippen molar-refractivity contribution in [2.45, 2.75) is 0 Å². The number of carboxylic acids is 1. The Balaban J connectivity index is 2.22. The van der Waals surface area contributed by atoms with E-state index in [2.05, 4.69) is 5.32 Å². The summed E-state index contributed by atoms with van der Waals surface area (Å²) in [6.45, 7) is 0. The molecule has 0 heterocycles. The summed E-state index contributed by atoms with van der Waals surface area (Å²) in [7, 11) is 0. The van der Waals surface area contributed by atoms with E-state index in [4.69, 9.17) is 16.7 Å². The monoisotopic (exact) mass is 346 g/mol. The highest BCUT2D eigenvalue weighted by atomic mass is 35.5. The van der Waals surface area contributed by atoms with E-state index in [1.54, 1.807) is 6.07 Å². The van der Waals surface area contributed by atoms with Crippen LogP contribution in [-0.4, -0.2) is 21.9 Å². The number of carboxylic acid groups (broad SMARTS) is 1. The Morgan fingerprint density at radius 1 is 1.21 bits per heavy atom. The molecule has 0 bridgehead atoms. The largest absolute Gasteiger partial charge is 0.478 e. The molecular formula is C16H11ClN2O5. The molecule has 8 heteroatoms. The van der Waals surface area contributed by atoms with E-state index >= 15 is 0 Å². The molecular weight excluding hydrogens is 336 g/mol. The predicted octanol–water partition coefficient (Wildman–Crippen LogP) is 3.60. The topological polar surface area (TPSA) is 110 Å². The van der Waals surface area contributed by atoms with Gasteiger partial charge >= 0.3 is 5.97 Å². The molecule has 0 aliphatic carbocycles. The smallest absolute Gasteiger partial charge is 0.337 e. The van der Waals surface area contributed by atoms with E-state index in [-0.39, 0.29) is 27.5 Å². The van der Waals surface area contributed by atoms with E-state index in [1.165, 1.54) is 42.5 Å². The second-order valence-electron chi connectivity index (χ2n) is 4.63. The molecule has 0 aliphatic heterocycles. The van der Waals surface area contributed by atoms with Gasteiger partial charge in [0.25, 0.3) is 5.69 Å². The summed E-state index contributed by atoms with van der Waals surface area (Å²) in [4.78, 5) is 33.4. The van der Waals surface area contributed by atoms with Crippen LogP contribution in [0.4, 0.5) is 11.4 Å². The molecule has 2 aromatic rings. The van der Waals surface area contributed by atoms with Crippen LogP contribution in [0.25, 0.3) is 6.08 Å². The summed E-state index contributed by atoms with van der Waals surface area (Å²) in [5.74, 6) is -1.86. The molecule has 24 heavy (non-hydrogen) atoms. The van der Waals surface area contributed by atoms with Crippen molar-refractivity contribution in [2.75, 3.05) is 5.32 Å². The van der Waals surface area contributed by atoms with Crippen molar-refractivity contribution >= 4 is 40.9 Å². The highest BCUT2D eigenvalue weighted by Crippen LogP contribution is 2.22. The molecule has 0 spiro atoms. The Morgan fingerprint density at radius 3 is 2.58 bits per heavy atom. The molecule has 2 rings (SSSR count). The first-order valence-corrected chi connectivity index (χ1v) is 7.01. The van der Waals surface area contributed by atoms with Crippen LogP contribution in [0.5, 0.6) is 0 Å². The van der Waals surface area contributed by atoms with Crippen LogP contribution in [0.1, 0.15) is 15.9 Å². The maximum atomic E-state index is 11.9. The van der Waals surface area contributed by atoms with E-state index in [9.17, 15) is 19.7 Å². The number of nitrogens with one attached hydrogen (secondary N) is 1. The Hall–Kier alpha value is -3.19. The number of anilines is 1. The number of nitro groups is 1. The molecule has 7 nitrogen and oxygen atoms in total. The number of hydrogen-bond acceptors (Lipinski definition) is 4. The summed E-state index contributed by atoms with van der Waals surface area (Å²) in [6.07, 6.45) is 2.35. The number of hydrogen-bond donors (Lipinski definition) is 2. The third-order valence-corrected chi connectivity index (χ3v) is 3.25. The fourth-order valence-corrected chi connectivity index (χ4v) is 2.11. The van der Waals surface area contributed by atoms with Crippen LogP contribution in [0.3, 0.4) is 0 Å². The van der Waals surface area contributed by atoms with Gasteiger partial charge < -0.3 is 10.4 Å². The summed E-state index contributed by atoms with van der Waals surface area (Å²) in [6, 6.07) is 9.89. The second-order valence-corrected chi connectivity index (χ2v) is 5.07. The minimum absolute atomic E-state index is 0.0345. The van der Waals surface area contributed by atoms with Gasteiger partial charge in [-0.15, -0.1) is 0 Å². The number of para-hydroxylation sites is 1. The standard InChI is InChI=1S/C16H11ClN2O5/c17-11-6-7-12(16(21)22)13(9-11)18-15(20)8-5-10-3-1-2-4-14(10)19(23)24/h1-9H,(H,18,20)(H,21,22). The van der Waals surface area contributed by atoms with Gasteiger partial charge in [0.1, 0.15) is 0 Å². The molecule has 122 valence electrons. The first-order chi connectivity index (χ1) is 11.4. The average Bonchev–Trinajstić information content (AvgIpc) is 2.53. The highest BCUT2D eigenvalue weighted by molar-refractivity contribution is 6.31. The van der Waals surface area contributed by atoms with Crippen molar-refractivity contribution in [3.63, 3.8) is 0 Å². The normalized spacial score (nSPS) is 10.5. The highest BCUT2D eigenvalue weighted by Gasteiger charge is 2.13. The van der Waals surface area contributed by atoms with Gasteiger partial charge in [0, 0.05) is 17.2 Å². The van der Waals surface area contributed by atoms with Gasteiger partial charge in [-0.2, -0.15) is 0 Å². The number of aromatic carboxylic acids is 1. The number of carbonyl (C=O) groups excluding carboxylic acids is 1. The Kier molecular flexibility index (Phi) is 5.28. The van der Waals surface area contributed by atoms with Gasteiger partial charge in [-0.05, 0) is 30.3 Å². The van der Waals surface area contributed by atoms with Gasteiger partial charge in [-0.25, -0.2) is 4.79 Å². The lowest BCUT2D eigenvalue weighted by Gasteiger charge is -2.07. The van der Waals surface area contributed by atoms with Gasteiger partial charge in [0.05, 0.1) is 21.7 Å². The zero-order valence-electron chi connectivity index (χ0n) is 12.1. The lowest BCUT2D eigenvalue weighted by Crippen LogP contribution is -2.12. The molecule has 0 fully saturated rings.